The molecule has 1 unspecified atom stereocenters. The first-order valence-corrected chi connectivity index (χ1v) is 7.81. The van der Waals surface area contributed by atoms with Gasteiger partial charge in [0.2, 0.25) is 11.8 Å². The molecule has 1 aliphatic carbocycles. The van der Waals surface area contributed by atoms with Crippen molar-refractivity contribution in [1.82, 2.24) is 10.2 Å². The number of nitrogens with zero attached hydrogens (tertiary/aromatic N) is 1. The largest absolute Gasteiger partial charge is 0.406 e. The van der Waals surface area contributed by atoms with Crippen LogP contribution in [0.25, 0.3) is 0 Å². The van der Waals surface area contributed by atoms with E-state index in [1.54, 1.807) is 17.5 Å². The Bertz CT molecular complexity index is 527. The van der Waals surface area contributed by atoms with E-state index in [1.807, 2.05) is 0 Å². The molecule has 1 heterocycles. The summed E-state index contributed by atoms with van der Waals surface area (Å²) in [6, 6.07) is 2.62. The average Bonchev–Trinajstić information content (AvgIpc) is 3.07. The van der Waals surface area contributed by atoms with Gasteiger partial charge in [-0.25, -0.2) is 0 Å². The number of amides is 2. The summed E-state index contributed by atoms with van der Waals surface area (Å²) < 4.78 is 37.8. The lowest BCUT2D eigenvalue weighted by atomic mass is 10.1. The lowest BCUT2D eigenvalue weighted by Gasteiger charge is -2.26. The molecule has 0 radical (unpaired) electrons. The van der Waals surface area contributed by atoms with Crippen molar-refractivity contribution in [3.8, 4) is 0 Å². The summed E-state index contributed by atoms with van der Waals surface area (Å²) in [6.07, 6.45) is -3.37. The molecule has 1 atom stereocenters. The number of hydrogen-bond acceptors (Lipinski definition) is 3. The van der Waals surface area contributed by atoms with Gasteiger partial charge < -0.3 is 10.2 Å². The Morgan fingerprint density at radius 3 is 2.59 bits per heavy atom. The number of halogens is 3. The first-order chi connectivity index (χ1) is 10.3. The first-order valence-electron chi connectivity index (χ1n) is 6.93. The summed E-state index contributed by atoms with van der Waals surface area (Å²) in [5.41, 5.74) is 0. The molecule has 122 valence electrons. The quantitative estimate of drug-likeness (QED) is 0.870. The minimum absolute atomic E-state index is 0.160. The van der Waals surface area contributed by atoms with Crippen molar-refractivity contribution in [3.05, 3.63) is 22.4 Å². The minimum Gasteiger partial charge on any atom is -0.348 e. The van der Waals surface area contributed by atoms with E-state index in [0.29, 0.717) is 12.8 Å². The molecule has 1 fully saturated rings. The third-order valence-electron chi connectivity index (χ3n) is 3.30. The maximum Gasteiger partial charge on any atom is 0.406 e. The second-order valence-electron chi connectivity index (χ2n) is 5.34. The lowest BCUT2D eigenvalue weighted by Crippen LogP contribution is -2.42. The molecule has 1 aromatic heterocycles. The molecule has 1 aromatic rings. The Hall–Kier alpha value is -1.57. The fourth-order valence-electron chi connectivity index (χ4n) is 2.25. The summed E-state index contributed by atoms with van der Waals surface area (Å²) in [5, 5.41) is 4.43. The predicted octanol–water partition coefficient (Wildman–Crippen LogP) is 2.87. The van der Waals surface area contributed by atoms with Gasteiger partial charge in [0, 0.05) is 17.8 Å². The van der Waals surface area contributed by atoms with E-state index >= 15 is 0 Å². The van der Waals surface area contributed by atoms with Crippen molar-refractivity contribution < 1.29 is 22.8 Å². The Morgan fingerprint density at radius 1 is 1.45 bits per heavy atom. The Kier molecular flexibility index (Phi) is 5.10. The van der Waals surface area contributed by atoms with E-state index in [2.05, 4.69) is 5.32 Å². The molecule has 2 amide bonds. The van der Waals surface area contributed by atoms with Crippen LogP contribution in [0.3, 0.4) is 0 Å². The number of nitrogens with one attached hydrogen (secondary N) is 1. The van der Waals surface area contributed by atoms with Gasteiger partial charge >= 0.3 is 6.18 Å². The van der Waals surface area contributed by atoms with Crippen molar-refractivity contribution in [1.29, 1.82) is 0 Å². The lowest BCUT2D eigenvalue weighted by molar-refractivity contribution is -0.162. The van der Waals surface area contributed by atoms with Crippen LogP contribution < -0.4 is 5.32 Å². The second kappa shape index (κ2) is 6.68. The number of carbonyl (C=O) groups excluding carboxylic acids is 2. The molecule has 0 spiro atoms. The van der Waals surface area contributed by atoms with E-state index in [0.717, 1.165) is 9.78 Å². The summed E-state index contributed by atoms with van der Waals surface area (Å²) in [7, 11) is 0. The fraction of sp³-hybridized carbons (Fsp3) is 0.571. The maximum absolute atomic E-state index is 12.6. The molecule has 22 heavy (non-hydrogen) atoms. The molecular weight excluding hydrogens is 317 g/mol. The van der Waals surface area contributed by atoms with Crippen molar-refractivity contribution in [2.24, 2.45) is 0 Å². The molecule has 1 saturated carbocycles. The zero-order valence-electron chi connectivity index (χ0n) is 12.0. The van der Waals surface area contributed by atoms with E-state index in [4.69, 9.17) is 0 Å². The molecule has 0 aromatic carbocycles. The van der Waals surface area contributed by atoms with Crippen LogP contribution in [-0.4, -0.2) is 35.5 Å². The number of hydrogen-bond donors (Lipinski definition) is 1. The normalized spacial score (nSPS) is 16.2. The summed E-state index contributed by atoms with van der Waals surface area (Å²) >= 11 is 1.36. The molecule has 4 nitrogen and oxygen atoms in total. The van der Waals surface area contributed by atoms with Gasteiger partial charge in [0.05, 0.1) is 12.5 Å². The smallest absolute Gasteiger partial charge is 0.348 e. The van der Waals surface area contributed by atoms with Crippen LogP contribution in [0.15, 0.2) is 17.5 Å². The fourth-order valence-corrected chi connectivity index (χ4v) is 3.03. The zero-order valence-corrected chi connectivity index (χ0v) is 12.8. The predicted molar refractivity (Wildman–Crippen MR) is 76.3 cm³/mol. The molecule has 0 saturated heterocycles. The van der Waals surface area contributed by atoms with Crippen molar-refractivity contribution in [3.63, 3.8) is 0 Å². The molecule has 1 N–H and O–H groups in total. The molecule has 1 aliphatic rings. The van der Waals surface area contributed by atoms with Gasteiger partial charge in [0.25, 0.3) is 0 Å². The summed E-state index contributed by atoms with van der Waals surface area (Å²) in [5.74, 6) is -0.896. The van der Waals surface area contributed by atoms with Crippen LogP contribution >= 0.6 is 11.3 Å². The van der Waals surface area contributed by atoms with Gasteiger partial charge in [-0.05, 0) is 24.3 Å². The van der Waals surface area contributed by atoms with Gasteiger partial charge in [-0.1, -0.05) is 6.07 Å². The van der Waals surface area contributed by atoms with E-state index in [-0.39, 0.29) is 18.4 Å². The minimum atomic E-state index is -4.41. The SMILES string of the molecule is CC(=O)NC(CC(=O)N(CC(F)(F)F)C1CC1)c1cccs1. The van der Waals surface area contributed by atoms with Gasteiger partial charge in [-0.3, -0.25) is 9.59 Å². The van der Waals surface area contributed by atoms with Crippen LogP contribution in [0.2, 0.25) is 0 Å². The second-order valence-corrected chi connectivity index (χ2v) is 6.32. The third kappa shape index (κ3) is 5.01. The number of rotatable bonds is 6. The summed E-state index contributed by atoms with van der Waals surface area (Å²) in [6.45, 7) is 0.0905. The monoisotopic (exact) mass is 334 g/mol. The van der Waals surface area contributed by atoms with Crippen molar-refractivity contribution in [2.75, 3.05) is 6.54 Å². The highest BCUT2D eigenvalue weighted by molar-refractivity contribution is 7.10. The number of alkyl halides is 3. The highest BCUT2D eigenvalue weighted by Gasteiger charge is 2.41. The molecule has 0 bridgehead atoms. The Labute approximate surface area is 130 Å². The first kappa shape index (κ1) is 16.8. The van der Waals surface area contributed by atoms with Gasteiger partial charge in [-0.15, -0.1) is 11.3 Å². The van der Waals surface area contributed by atoms with Crippen LogP contribution in [-0.2, 0) is 9.59 Å². The van der Waals surface area contributed by atoms with Gasteiger partial charge in [0.1, 0.15) is 6.54 Å². The molecule has 8 heteroatoms. The van der Waals surface area contributed by atoms with Crippen LogP contribution in [0, 0.1) is 0 Å². The standard InChI is InChI=1S/C14H17F3N2O2S/c1-9(20)18-11(12-3-2-6-22-12)7-13(21)19(10-4-5-10)8-14(15,16)17/h2-3,6,10-11H,4-5,7-8H2,1H3,(H,18,20). The Balaban J connectivity index is 2.07. The highest BCUT2D eigenvalue weighted by Crippen LogP contribution is 2.32. The zero-order chi connectivity index (χ0) is 16.3. The third-order valence-corrected chi connectivity index (χ3v) is 4.29. The van der Waals surface area contributed by atoms with Crippen LogP contribution in [0.5, 0.6) is 0 Å². The molecule has 0 aliphatic heterocycles. The molecule has 2 rings (SSSR count). The van der Waals surface area contributed by atoms with E-state index < -0.39 is 24.7 Å². The van der Waals surface area contributed by atoms with Gasteiger partial charge in [0.15, 0.2) is 0 Å². The van der Waals surface area contributed by atoms with Crippen LogP contribution in [0.1, 0.15) is 37.1 Å². The highest BCUT2D eigenvalue weighted by atomic mass is 32.1. The van der Waals surface area contributed by atoms with Crippen molar-refractivity contribution in [2.45, 2.75) is 44.4 Å². The molecular formula is C14H17F3N2O2S. The van der Waals surface area contributed by atoms with E-state index in [1.165, 1.54) is 18.3 Å². The van der Waals surface area contributed by atoms with Crippen LogP contribution in [0.4, 0.5) is 13.2 Å². The number of thiophene rings is 1. The number of carbonyl (C=O) groups is 2. The topological polar surface area (TPSA) is 49.4 Å². The Morgan fingerprint density at radius 2 is 2.14 bits per heavy atom. The van der Waals surface area contributed by atoms with Crippen molar-refractivity contribution >= 4 is 23.2 Å². The van der Waals surface area contributed by atoms with Gasteiger partial charge in [-0.2, -0.15) is 13.2 Å². The van der Waals surface area contributed by atoms with E-state index in [9.17, 15) is 22.8 Å². The average molecular weight is 334 g/mol. The maximum atomic E-state index is 12.6. The summed E-state index contributed by atoms with van der Waals surface area (Å²) in [4.78, 5) is 25.2.